The molecule has 0 spiro atoms. The molecule has 9 nitrogen and oxygen atoms in total. The van der Waals surface area contributed by atoms with E-state index in [0.717, 1.165) is 0 Å². The molecule has 1 aromatic heterocycles. The lowest BCUT2D eigenvalue weighted by Gasteiger charge is -2.27. The van der Waals surface area contributed by atoms with E-state index in [1.165, 1.54) is 20.6 Å². The van der Waals surface area contributed by atoms with Crippen LogP contribution in [0.5, 0.6) is 11.5 Å². The van der Waals surface area contributed by atoms with E-state index in [4.69, 9.17) is 18.6 Å². The van der Waals surface area contributed by atoms with Gasteiger partial charge in [-0.3, -0.25) is 9.59 Å². The Kier molecular flexibility index (Phi) is 6.37. The zero-order chi connectivity index (χ0) is 22.5. The van der Waals surface area contributed by atoms with Gasteiger partial charge in [0.2, 0.25) is 0 Å². The van der Waals surface area contributed by atoms with Crippen LogP contribution in [0.3, 0.4) is 0 Å². The third-order valence-electron chi connectivity index (χ3n) is 5.12. The van der Waals surface area contributed by atoms with Crippen LogP contribution in [0.2, 0.25) is 0 Å². The van der Waals surface area contributed by atoms with E-state index < -0.39 is 5.91 Å². The number of carbonyl (C=O) groups excluding carboxylic acids is 2. The Bertz CT molecular complexity index is 1120. The van der Waals surface area contributed by atoms with Crippen molar-refractivity contribution in [1.29, 1.82) is 0 Å². The maximum Gasteiger partial charge on any atom is 0.278 e. The first-order valence-electron chi connectivity index (χ1n) is 10.1. The van der Waals surface area contributed by atoms with Gasteiger partial charge in [-0.1, -0.05) is 18.2 Å². The highest BCUT2D eigenvalue weighted by molar-refractivity contribution is 6.08. The number of nitrogens with zero attached hydrogens (tertiary/aromatic N) is 2. The second-order valence-corrected chi connectivity index (χ2v) is 7.00. The van der Waals surface area contributed by atoms with Crippen LogP contribution in [-0.4, -0.2) is 62.2 Å². The fourth-order valence-electron chi connectivity index (χ4n) is 3.51. The summed E-state index contributed by atoms with van der Waals surface area (Å²) in [6.45, 7) is 2.01. The Morgan fingerprint density at radius 2 is 1.78 bits per heavy atom. The van der Waals surface area contributed by atoms with Crippen molar-refractivity contribution in [2.75, 3.05) is 45.8 Å². The van der Waals surface area contributed by atoms with Crippen molar-refractivity contribution in [3.63, 3.8) is 0 Å². The first-order valence-corrected chi connectivity index (χ1v) is 10.1. The number of amides is 2. The van der Waals surface area contributed by atoms with E-state index in [1.807, 2.05) is 0 Å². The van der Waals surface area contributed by atoms with E-state index in [2.05, 4.69) is 10.3 Å². The fourth-order valence-corrected chi connectivity index (χ4v) is 3.51. The quantitative estimate of drug-likeness (QED) is 0.632. The Morgan fingerprint density at radius 3 is 2.53 bits per heavy atom. The SMILES string of the molecule is COc1ccc(NC(=O)c2ncoc2-c2ccccc2C(=O)N2CCOCC2)cc1OC. The molecular weight excluding hydrogens is 414 g/mol. The molecule has 3 aromatic rings. The number of hydrogen-bond donors (Lipinski definition) is 1. The van der Waals surface area contributed by atoms with Crippen molar-refractivity contribution < 1.29 is 28.2 Å². The van der Waals surface area contributed by atoms with Gasteiger partial charge < -0.3 is 28.8 Å². The van der Waals surface area contributed by atoms with Crippen LogP contribution in [0.4, 0.5) is 5.69 Å². The summed E-state index contributed by atoms with van der Waals surface area (Å²) in [6.07, 6.45) is 1.19. The Labute approximate surface area is 184 Å². The standard InChI is InChI=1S/C23H23N3O6/c1-29-18-8-7-15(13-19(18)30-2)25-22(27)20-21(32-14-24-20)16-5-3-4-6-17(16)23(28)26-9-11-31-12-10-26/h3-8,13-14H,9-12H2,1-2H3,(H,25,27). The lowest BCUT2D eigenvalue weighted by Crippen LogP contribution is -2.40. The van der Waals surface area contributed by atoms with E-state index in [-0.39, 0.29) is 17.4 Å². The van der Waals surface area contributed by atoms with E-state index >= 15 is 0 Å². The summed E-state index contributed by atoms with van der Waals surface area (Å²) in [5, 5.41) is 2.78. The molecule has 0 saturated carbocycles. The summed E-state index contributed by atoms with van der Waals surface area (Å²) >= 11 is 0. The summed E-state index contributed by atoms with van der Waals surface area (Å²) in [5.74, 6) is 0.622. The van der Waals surface area contributed by atoms with Crippen molar-refractivity contribution >= 4 is 17.5 Å². The van der Waals surface area contributed by atoms with Crippen molar-refractivity contribution in [3.05, 3.63) is 60.1 Å². The van der Waals surface area contributed by atoms with Gasteiger partial charge in [-0.2, -0.15) is 0 Å². The van der Waals surface area contributed by atoms with Crippen LogP contribution in [0.1, 0.15) is 20.8 Å². The third-order valence-corrected chi connectivity index (χ3v) is 5.12. The smallest absolute Gasteiger partial charge is 0.278 e. The zero-order valence-corrected chi connectivity index (χ0v) is 17.8. The molecule has 32 heavy (non-hydrogen) atoms. The van der Waals surface area contributed by atoms with Gasteiger partial charge in [-0.05, 0) is 18.2 Å². The minimum absolute atomic E-state index is 0.0713. The first-order chi connectivity index (χ1) is 15.6. The molecule has 4 rings (SSSR count). The summed E-state index contributed by atoms with van der Waals surface area (Å²) in [7, 11) is 3.05. The number of benzene rings is 2. The molecule has 0 aliphatic carbocycles. The number of carbonyl (C=O) groups is 2. The van der Waals surface area contributed by atoms with Crippen LogP contribution in [0.25, 0.3) is 11.3 Å². The first kappa shape index (κ1) is 21.4. The minimum atomic E-state index is -0.477. The van der Waals surface area contributed by atoms with E-state index in [0.29, 0.717) is 54.6 Å². The summed E-state index contributed by atoms with van der Waals surface area (Å²) in [5.41, 5.74) is 1.51. The summed E-state index contributed by atoms with van der Waals surface area (Å²) in [4.78, 5) is 31.9. The van der Waals surface area contributed by atoms with Crippen LogP contribution in [-0.2, 0) is 4.74 Å². The topological polar surface area (TPSA) is 103 Å². The molecule has 0 unspecified atom stereocenters. The predicted octanol–water partition coefficient (Wildman–Crippen LogP) is 3.08. The van der Waals surface area contributed by atoms with Gasteiger partial charge in [-0.15, -0.1) is 0 Å². The van der Waals surface area contributed by atoms with Gasteiger partial charge in [0, 0.05) is 30.4 Å². The van der Waals surface area contributed by atoms with E-state index in [1.54, 1.807) is 47.4 Å². The number of ether oxygens (including phenoxy) is 3. The predicted molar refractivity (Wildman–Crippen MR) is 116 cm³/mol. The molecule has 1 aliphatic rings. The Morgan fingerprint density at radius 1 is 1.03 bits per heavy atom. The second kappa shape index (κ2) is 9.52. The van der Waals surface area contributed by atoms with Gasteiger partial charge in [0.15, 0.2) is 29.3 Å². The molecule has 1 aliphatic heterocycles. The molecule has 1 fully saturated rings. The van der Waals surface area contributed by atoms with Gasteiger partial charge in [0.25, 0.3) is 11.8 Å². The van der Waals surface area contributed by atoms with Crippen molar-refractivity contribution in [2.24, 2.45) is 0 Å². The maximum absolute atomic E-state index is 13.1. The molecule has 0 atom stereocenters. The molecule has 0 bridgehead atoms. The Balaban J connectivity index is 1.62. The van der Waals surface area contributed by atoms with Crippen molar-refractivity contribution in [1.82, 2.24) is 9.88 Å². The summed E-state index contributed by atoms with van der Waals surface area (Å²) in [6, 6.07) is 12.0. The molecule has 2 heterocycles. The molecule has 166 valence electrons. The average molecular weight is 437 g/mol. The van der Waals surface area contributed by atoms with Crippen LogP contribution < -0.4 is 14.8 Å². The monoisotopic (exact) mass is 437 g/mol. The van der Waals surface area contributed by atoms with Crippen molar-refractivity contribution in [2.45, 2.75) is 0 Å². The molecule has 2 amide bonds. The number of nitrogens with one attached hydrogen (secondary N) is 1. The van der Waals surface area contributed by atoms with Gasteiger partial charge in [-0.25, -0.2) is 4.98 Å². The minimum Gasteiger partial charge on any atom is -0.493 e. The second-order valence-electron chi connectivity index (χ2n) is 7.00. The molecule has 1 N–H and O–H groups in total. The zero-order valence-electron chi connectivity index (χ0n) is 17.8. The fraction of sp³-hybridized carbons (Fsp3) is 0.261. The van der Waals surface area contributed by atoms with Crippen LogP contribution in [0.15, 0.2) is 53.3 Å². The lowest BCUT2D eigenvalue weighted by molar-refractivity contribution is 0.0303. The highest BCUT2D eigenvalue weighted by Gasteiger charge is 2.26. The number of morpholine rings is 1. The number of aromatic nitrogens is 1. The normalized spacial score (nSPS) is 13.5. The highest BCUT2D eigenvalue weighted by Crippen LogP contribution is 2.31. The molecule has 9 heteroatoms. The van der Waals surface area contributed by atoms with Gasteiger partial charge in [0.1, 0.15) is 0 Å². The number of oxazole rings is 1. The average Bonchev–Trinajstić information content (AvgIpc) is 3.34. The number of rotatable bonds is 6. The highest BCUT2D eigenvalue weighted by atomic mass is 16.5. The third kappa shape index (κ3) is 4.28. The summed E-state index contributed by atoms with van der Waals surface area (Å²) < 4.78 is 21.4. The molecular formula is C23H23N3O6. The Hall–Kier alpha value is -3.85. The van der Waals surface area contributed by atoms with E-state index in [9.17, 15) is 9.59 Å². The molecule has 2 aromatic carbocycles. The van der Waals surface area contributed by atoms with Crippen molar-refractivity contribution in [3.8, 4) is 22.8 Å². The lowest BCUT2D eigenvalue weighted by atomic mass is 10.0. The molecule has 1 saturated heterocycles. The maximum atomic E-state index is 13.1. The number of anilines is 1. The number of hydrogen-bond acceptors (Lipinski definition) is 7. The van der Waals surface area contributed by atoms with Gasteiger partial charge >= 0.3 is 0 Å². The largest absolute Gasteiger partial charge is 0.493 e. The molecule has 0 radical (unpaired) electrons. The van der Waals surface area contributed by atoms with Crippen LogP contribution >= 0.6 is 0 Å². The number of methoxy groups -OCH3 is 2. The van der Waals surface area contributed by atoms with Gasteiger partial charge in [0.05, 0.1) is 33.0 Å². The van der Waals surface area contributed by atoms with Crippen LogP contribution in [0, 0.1) is 0 Å².